The van der Waals surface area contributed by atoms with Crippen molar-refractivity contribution < 1.29 is 27.8 Å². The van der Waals surface area contributed by atoms with Gasteiger partial charge in [0.15, 0.2) is 6.79 Å². The van der Waals surface area contributed by atoms with Crippen LogP contribution >= 0.6 is 23.2 Å². The van der Waals surface area contributed by atoms with Gasteiger partial charge < -0.3 is 19.5 Å². The normalized spacial score (nSPS) is 11.2. The van der Waals surface area contributed by atoms with Gasteiger partial charge in [-0.15, -0.1) is 0 Å². The van der Waals surface area contributed by atoms with Crippen molar-refractivity contribution in [2.75, 3.05) is 27.1 Å². The van der Waals surface area contributed by atoms with Crippen LogP contribution in [-0.2, 0) is 27.2 Å². The second-order valence-corrected chi connectivity index (χ2v) is 8.15. The molecule has 0 amide bonds. The van der Waals surface area contributed by atoms with E-state index >= 15 is 4.39 Å². The molecule has 0 saturated heterocycles. The number of hydrogen-bond acceptors (Lipinski definition) is 5. The highest BCUT2D eigenvalue weighted by Crippen LogP contribution is 2.36. The van der Waals surface area contributed by atoms with E-state index in [1.54, 1.807) is 19.1 Å². The second-order valence-electron chi connectivity index (χ2n) is 7.37. The van der Waals surface area contributed by atoms with Gasteiger partial charge in [-0.25, -0.2) is 8.78 Å². The molecule has 2 aromatic rings. The zero-order chi connectivity index (χ0) is 23.8. The Labute approximate surface area is 196 Å². The summed E-state index contributed by atoms with van der Waals surface area (Å²) in [7, 11) is 1.48. The first-order valence-corrected chi connectivity index (χ1v) is 10.9. The van der Waals surface area contributed by atoms with Crippen LogP contribution in [0.4, 0.5) is 8.78 Å². The minimum atomic E-state index is -0.674. The number of ether oxygens (including phenoxy) is 3. The van der Waals surface area contributed by atoms with Gasteiger partial charge in [-0.3, -0.25) is 4.79 Å². The van der Waals surface area contributed by atoms with Crippen LogP contribution in [0.15, 0.2) is 18.2 Å². The molecule has 0 spiro atoms. The molecule has 5 nitrogen and oxygen atoms in total. The molecule has 0 fully saturated rings. The first-order chi connectivity index (χ1) is 15.2. The molecule has 0 aliphatic rings. The largest absolute Gasteiger partial charge is 0.467 e. The number of nitrogens with one attached hydrogen (secondary N) is 1. The highest BCUT2D eigenvalue weighted by Gasteiger charge is 2.21. The third kappa shape index (κ3) is 6.54. The molecule has 2 rings (SSSR count). The number of halogens is 4. The summed E-state index contributed by atoms with van der Waals surface area (Å²) in [6.45, 7) is 5.59. The fourth-order valence-corrected chi connectivity index (χ4v) is 3.85. The average molecular weight is 490 g/mol. The Bertz CT molecular complexity index is 954. The molecule has 0 heterocycles. The number of esters is 1. The van der Waals surface area contributed by atoms with Crippen molar-refractivity contribution in [1.29, 1.82) is 0 Å². The highest BCUT2D eigenvalue weighted by atomic mass is 35.5. The summed E-state index contributed by atoms with van der Waals surface area (Å²) in [4.78, 5) is 11.4. The maximum Gasteiger partial charge on any atom is 0.319 e. The van der Waals surface area contributed by atoms with E-state index in [0.29, 0.717) is 16.9 Å². The molecule has 0 aromatic heterocycles. The van der Waals surface area contributed by atoms with Gasteiger partial charge >= 0.3 is 5.97 Å². The van der Waals surface area contributed by atoms with E-state index in [4.69, 9.17) is 37.4 Å². The number of hydrogen-bond donors (Lipinski definition) is 1. The highest BCUT2D eigenvalue weighted by molar-refractivity contribution is 6.36. The van der Waals surface area contributed by atoms with Crippen molar-refractivity contribution in [2.24, 2.45) is 0 Å². The molecular formula is C23H27Cl2F2NO4. The third-order valence-corrected chi connectivity index (χ3v) is 5.45. The first-order valence-electron chi connectivity index (χ1n) is 10.2. The molecule has 1 N–H and O–H groups in total. The van der Waals surface area contributed by atoms with Crippen LogP contribution in [0.25, 0.3) is 0 Å². The van der Waals surface area contributed by atoms with Gasteiger partial charge in [0.05, 0.1) is 18.2 Å². The summed E-state index contributed by atoms with van der Waals surface area (Å²) in [6, 6.07) is 4.64. The molecule has 2 aromatic carbocycles. The fourth-order valence-electron chi connectivity index (χ4n) is 3.22. The van der Waals surface area contributed by atoms with Crippen LogP contribution in [0.3, 0.4) is 0 Å². The Morgan fingerprint density at radius 3 is 2.50 bits per heavy atom. The van der Waals surface area contributed by atoms with E-state index in [9.17, 15) is 9.18 Å². The summed E-state index contributed by atoms with van der Waals surface area (Å²) >= 11 is 12.6. The van der Waals surface area contributed by atoms with Crippen LogP contribution in [0, 0.1) is 11.6 Å². The van der Waals surface area contributed by atoms with Gasteiger partial charge in [0.1, 0.15) is 17.4 Å². The standard InChI is InChI=1S/C23H27Cl2F2NO4/c1-5-31-19(29)11-28-10-15-9-17(24)16(21(25)23(15)27)8-14-6-7-18(32-12-30-4)20(13(2)3)22(14)26/h6-7,9,13,28H,5,8,10-12H2,1-4H3. The first kappa shape index (κ1) is 26.3. The second kappa shape index (κ2) is 12.3. The van der Waals surface area contributed by atoms with E-state index in [1.165, 1.54) is 13.2 Å². The minimum Gasteiger partial charge on any atom is -0.467 e. The van der Waals surface area contributed by atoms with Crippen molar-refractivity contribution in [2.45, 2.75) is 39.7 Å². The van der Waals surface area contributed by atoms with Gasteiger partial charge in [0, 0.05) is 36.2 Å². The molecule has 0 bridgehead atoms. The predicted octanol–water partition coefficient (Wildman–Crippen LogP) is 5.62. The Balaban J connectivity index is 2.29. The van der Waals surface area contributed by atoms with Gasteiger partial charge in [-0.2, -0.15) is 0 Å². The molecule has 0 aliphatic heterocycles. The predicted molar refractivity (Wildman–Crippen MR) is 121 cm³/mol. The van der Waals surface area contributed by atoms with Gasteiger partial charge in [0.25, 0.3) is 0 Å². The Kier molecular flexibility index (Phi) is 10.2. The van der Waals surface area contributed by atoms with Crippen LogP contribution in [-0.4, -0.2) is 33.0 Å². The lowest BCUT2D eigenvalue weighted by atomic mass is 9.95. The van der Waals surface area contributed by atoms with Gasteiger partial charge in [-0.05, 0) is 36.1 Å². The Morgan fingerprint density at radius 1 is 1.16 bits per heavy atom. The topological polar surface area (TPSA) is 56.8 Å². The molecule has 0 unspecified atom stereocenters. The average Bonchev–Trinajstić information content (AvgIpc) is 2.74. The molecular weight excluding hydrogens is 463 g/mol. The minimum absolute atomic E-state index is 0.00122. The fraction of sp³-hybridized carbons (Fsp3) is 0.435. The van der Waals surface area contributed by atoms with Crippen molar-refractivity contribution >= 4 is 29.2 Å². The van der Waals surface area contributed by atoms with Crippen LogP contribution in [0.2, 0.25) is 10.0 Å². The van der Waals surface area contributed by atoms with Crippen molar-refractivity contribution in [1.82, 2.24) is 5.32 Å². The molecule has 0 radical (unpaired) electrons. The lowest BCUT2D eigenvalue weighted by Crippen LogP contribution is -2.24. The summed E-state index contributed by atoms with van der Waals surface area (Å²) < 4.78 is 45.3. The molecule has 9 heteroatoms. The number of carbonyl (C=O) groups excluding carboxylic acids is 1. The van der Waals surface area contributed by atoms with E-state index in [0.717, 1.165) is 0 Å². The van der Waals surface area contributed by atoms with Crippen molar-refractivity contribution in [3.05, 3.63) is 62.1 Å². The zero-order valence-electron chi connectivity index (χ0n) is 18.5. The van der Waals surface area contributed by atoms with Crippen LogP contribution in [0.5, 0.6) is 5.75 Å². The van der Waals surface area contributed by atoms with E-state index in [-0.39, 0.29) is 60.0 Å². The van der Waals surface area contributed by atoms with Crippen LogP contribution < -0.4 is 10.1 Å². The van der Waals surface area contributed by atoms with E-state index < -0.39 is 17.6 Å². The van der Waals surface area contributed by atoms with E-state index in [2.05, 4.69) is 5.32 Å². The maximum absolute atomic E-state index is 15.3. The number of rotatable bonds is 11. The summed E-state index contributed by atoms with van der Waals surface area (Å²) in [6.07, 6.45) is 0.00122. The summed E-state index contributed by atoms with van der Waals surface area (Å²) in [5.41, 5.74) is 1.18. The molecule has 176 valence electrons. The number of carbonyl (C=O) groups is 1. The smallest absolute Gasteiger partial charge is 0.319 e. The Morgan fingerprint density at radius 2 is 1.88 bits per heavy atom. The Hall–Kier alpha value is -1.93. The van der Waals surface area contributed by atoms with Gasteiger partial charge in [0.2, 0.25) is 0 Å². The van der Waals surface area contributed by atoms with Crippen LogP contribution in [0.1, 0.15) is 48.9 Å². The molecule has 0 atom stereocenters. The van der Waals surface area contributed by atoms with E-state index in [1.807, 2.05) is 13.8 Å². The lowest BCUT2D eigenvalue weighted by molar-refractivity contribution is -0.142. The number of benzene rings is 2. The van der Waals surface area contributed by atoms with Gasteiger partial charge in [-0.1, -0.05) is 43.1 Å². The molecule has 0 saturated carbocycles. The van der Waals surface area contributed by atoms with Crippen molar-refractivity contribution in [3.8, 4) is 5.75 Å². The molecule has 0 aliphatic carbocycles. The summed E-state index contributed by atoms with van der Waals surface area (Å²) in [5, 5.41) is 2.81. The summed E-state index contributed by atoms with van der Waals surface area (Å²) in [5.74, 6) is -1.35. The zero-order valence-corrected chi connectivity index (χ0v) is 20.0. The van der Waals surface area contributed by atoms with Crippen molar-refractivity contribution in [3.63, 3.8) is 0 Å². The SMILES string of the molecule is CCOC(=O)CNCc1cc(Cl)c(Cc2ccc(OCOC)c(C(C)C)c2F)c(Cl)c1F. The number of methoxy groups -OCH3 is 1. The quantitative estimate of drug-likeness (QED) is 0.252. The maximum atomic E-state index is 15.3. The lowest BCUT2D eigenvalue weighted by Gasteiger charge is -2.18. The monoisotopic (exact) mass is 489 g/mol. The molecule has 32 heavy (non-hydrogen) atoms. The third-order valence-electron chi connectivity index (χ3n) is 4.72.